The molecule has 1 unspecified atom stereocenters. The molecule has 0 aromatic carbocycles. The molecule has 0 aromatic rings. The minimum atomic E-state index is -0.00926. The van der Waals surface area contributed by atoms with Crippen molar-refractivity contribution in [1.82, 2.24) is 5.48 Å². The van der Waals surface area contributed by atoms with E-state index in [1.807, 2.05) is 0 Å². The Labute approximate surface area is 41.4 Å². The number of nitrogens with one attached hydrogen (secondary N) is 1. The van der Waals surface area contributed by atoms with Gasteiger partial charge in [0.05, 0.1) is 0 Å². The Kier molecular flexibility index (Phi) is 1.29. The van der Waals surface area contributed by atoms with Gasteiger partial charge in [-0.1, -0.05) is 0 Å². The van der Waals surface area contributed by atoms with Gasteiger partial charge in [0.25, 0.3) is 0 Å². The van der Waals surface area contributed by atoms with E-state index in [-0.39, 0.29) is 5.50 Å². The van der Waals surface area contributed by atoms with Gasteiger partial charge in [-0.2, -0.15) is 5.48 Å². The summed E-state index contributed by atoms with van der Waals surface area (Å²) in [6.45, 7) is 1.64. The highest BCUT2D eigenvalue weighted by Gasteiger charge is 2.09. The molecule has 0 spiro atoms. The van der Waals surface area contributed by atoms with E-state index in [1.54, 1.807) is 6.61 Å². The third-order valence-electron chi connectivity index (χ3n) is 0.582. The van der Waals surface area contributed by atoms with Gasteiger partial charge >= 0.3 is 0 Å². The summed E-state index contributed by atoms with van der Waals surface area (Å²) in [5.74, 6) is 0. The molecule has 1 heterocycles. The van der Waals surface area contributed by atoms with Crippen molar-refractivity contribution >= 4 is 11.6 Å². The number of halogens is 1. The lowest BCUT2D eigenvalue weighted by atomic mass is 10.5. The monoisotopic (exact) mass is 106 g/mol. The van der Waals surface area contributed by atoms with E-state index >= 15 is 0 Å². The predicted octanol–water partition coefficient (Wildman–Crippen LogP) is 0.638. The van der Waals surface area contributed by atoms with Crippen molar-refractivity contribution < 1.29 is 4.84 Å². The second kappa shape index (κ2) is 1.78. The van der Waals surface area contributed by atoms with Crippen molar-refractivity contribution in [2.75, 3.05) is 0 Å². The number of hydrogen-bond donors (Lipinski definition) is 1. The molecule has 0 aromatic heterocycles. The smallest absolute Gasteiger partial charge is 0.110 e. The summed E-state index contributed by atoms with van der Waals surface area (Å²) in [5.41, 5.74) is 2.52. The largest absolute Gasteiger partial charge is 0.294 e. The molecule has 3 heteroatoms. The maximum Gasteiger partial charge on any atom is 0.110 e. The minimum Gasteiger partial charge on any atom is -0.294 e. The first-order valence-corrected chi connectivity index (χ1v) is 2.20. The normalized spacial score (nSPS) is 34.5. The van der Waals surface area contributed by atoms with E-state index < -0.39 is 0 Å². The van der Waals surface area contributed by atoms with Crippen LogP contribution in [0.1, 0.15) is 6.42 Å². The Bertz CT molecular complexity index is 44.1. The quantitative estimate of drug-likeness (QED) is 0.362. The van der Waals surface area contributed by atoms with Gasteiger partial charge in [0, 0.05) is 6.42 Å². The highest BCUT2D eigenvalue weighted by Crippen LogP contribution is 2.07. The van der Waals surface area contributed by atoms with Crippen LogP contribution in [0.4, 0.5) is 0 Å². The Morgan fingerprint density at radius 2 is 2.83 bits per heavy atom. The van der Waals surface area contributed by atoms with Crippen molar-refractivity contribution in [3.05, 3.63) is 6.61 Å². The Balaban J connectivity index is 2.18. The third-order valence-corrected chi connectivity index (χ3v) is 0.850. The molecule has 0 saturated carbocycles. The molecular formula is C3H5ClNO. The average molecular weight is 107 g/mol. The molecule has 0 bridgehead atoms. The minimum absolute atomic E-state index is 0.00926. The van der Waals surface area contributed by atoms with Crippen molar-refractivity contribution in [3.63, 3.8) is 0 Å². The van der Waals surface area contributed by atoms with Gasteiger partial charge in [-0.05, 0) is 0 Å². The molecule has 1 aliphatic rings. The molecule has 1 saturated heterocycles. The lowest BCUT2D eigenvalue weighted by molar-refractivity contribution is 0.142. The second-order valence-electron chi connectivity index (χ2n) is 1.11. The summed E-state index contributed by atoms with van der Waals surface area (Å²) < 4.78 is 0. The van der Waals surface area contributed by atoms with Crippen molar-refractivity contribution in [3.8, 4) is 0 Å². The van der Waals surface area contributed by atoms with Crippen LogP contribution in [0.25, 0.3) is 0 Å². The summed E-state index contributed by atoms with van der Waals surface area (Å²) in [5, 5.41) is 0. The summed E-state index contributed by atoms with van der Waals surface area (Å²) >= 11 is 5.44. The van der Waals surface area contributed by atoms with Gasteiger partial charge in [0.2, 0.25) is 0 Å². The number of alkyl halides is 1. The zero-order valence-electron chi connectivity index (χ0n) is 3.15. The predicted molar refractivity (Wildman–Crippen MR) is 22.8 cm³/mol. The fourth-order valence-corrected chi connectivity index (χ4v) is 0.427. The van der Waals surface area contributed by atoms with Crippen LogP contribution in [-0.4, -0.2) is 5.50 Å². The molecular weight excluding hydrogens is 101 g/mol. The van der Waals surface area contributed by atoms with Crippen LogP contribution in [0.15, 0.2) is 0 Å². The van der Waals surface area contributed by atoms with E-state index in [0.29, 0.717) is 0 Å². The molecule has 2 nitrogen and oxygen atoms in total. The van der Waals surface area contributed by atoms with Gasteiger partial charge in [-0.3, -0.25) is 4.84 Å². The molecule has 35 valence electrons. The van der Waals surface area contributed by atoms with Crippen molar-refractivity contribution in [2.45, 2.75) is 11.9 Å². The Hall–Kier alpha value is 0.210. The van der Waals surface area contributed by atoms with Crippen molar-refractivity contribution in [1.29, 1.82) is 0 Å². The zero-order chi connectivity index (χ0) is 4.41. The molecule has 6 heavy (non-hydrogen) atoms. The third kappa shape index (κ3) is 0.834. The maximum atomic E-state index is 5.44. The first-order chi connectivity index (χ1) is 2.89. The molecule has 1 radical (unpaired) electrons. The van der Waals surface area contributed by atoms with Crippen molar-refractivity contribution in [2.24, 2.45) is 0 Å². The van der Waals surface area contributed by atoms with Gasteiger partial charge < -0.3 is 0 Å². The highest BCUT2D eigenvalue weighted by molar-refractivity contribution is 6.20. The van der Waals surface area contributed by atoms with Crippen LogP contribution in [-0.2, 0) is 4.84 Å². The summed E-state index contributed by atoms with van der Waals surface area (Å²) in [4.78, 5) is 4.55. The zero-order valence-corrected chi connectivity index (χ0v) is 3.90. The molecule has 1 atom stereocenters. The Morgan fingerprint density at radius 1 is 2.00 bits per heavy atom. The fraction of sp³-hybridized carbons (Fsp3) is 0.667. The van der Waals surface area contributed by atoms with Crippen LogP contribution in [0.2, 0.25) is 0 Å². The molecule has 1 aliphatic heterocycles. The van der Waals surface area contributed by atoms with E-state index in [0.717, 1.165) is 6.42 Å². The van der Waals surface area contributed by atoms with Gasteiger partial charge in [-0.25, -0.2) is 0 Å². The summed E-state index contributed by atoms with van der Waals surface area (Å²) in [6, 6.07) is 0. The van der Waals surface area contributed by atoms with Crippen LogP contribution in [0.5, 0.6) is 0 Å². The topological polar surface area (TPSA) is 21.3 Å². The van der Waals surface area contributed by atoms with Crippen LogP contribution in [0, 0.1) is 6.61 Å². The van der Waals surface area contributed by atoms with E-state index in [9.17, 15) is 0 Å². The van der Waals surface area contributed by atoms with Crippen LogP contribution >= 0.6 is 11.6 Å². The lowest BCUT2D eigenvalue weighted by Gasteiger charge is -1.90. The van der Waals surface area contributed by atoms with Crippen LogP contribution in [0.3, 0.4) is 0 Å². The van der Waals surface area contributed by atoms with Gasteiger partial charge in [-0.15, -0.1) is 11.6 Å². The molecule has 1 rings (SSSR count). The van der Waals surface area contributed by atoms with E-state index in [2.05, 4.69) is 10.3 Å². The van der Waals surface area contributed by atoms with E-state index in [4.69, 9.17) is 11.6 Å². The standard InChI is InChI=1S/C3H5ClNO/c4-3-1-2-6-5-3/h2-3,5H,1H2. The fourth-order valence-electron chi connectivity index (χ4n) is 0.303. The number of rotatable bonds is 0. The van der Waals surface area contributed by atoms with Gasteiger partial charge in [0.15, 0.2) is 0 Å². The molecule has 1 N–H and O–H groups in total. The summed E-state index contributed by atoms with van der Waals surface area (Å²) in [7, 11) is 0. The lowest BCUT2D eigenvalue weighted by Crippen LogP contribution is -2.11. The Morgan fingerprint density at radius 3 is 3.00 bits per heavy atom. The van der Waals surface area contributed by atoms with Gasteiger partial charge in [0.1, 0.15) is 12.1 Å². The SMILES string of the molecule is ClC1C[CH]ON1. The first kappa shape index (κ1) is 4.37. The highest BCUT2D eigenvalue weighted by atomic mass is 35.5. The second-order valence-corrected chi connectivity index (χ2v) is 1.63. The molecule has 1 fully saturated rings. The average Bonchev–Trinajstić information content (AvgIpc) is 1.86. The molecule has 0 amide bonds. The van der Waals surface area contributed by atoms with E-state index in [1.165, 1.54) is 0 Å². The maximum absolute atomic E-state index is 5.44. The summed E-state index contributed by atoms with van der Waals surface area (Å²) in [6.07, 6.45) is 0.793. The van der Waals surface area contributed by atoms with Crippen LogP contribution < -0.4 is 5.48 Å². The number of hydrogen-bond acceptors (Lipinski definition) is 2. The first-order valence-electron chi connectivity index (χ1n) is 1.76. The number of hydroxylamine groups is 1. The molecule has 0 aliphatic carbocycles.